The molecule has 3 rings (SSSR count). The first-order valence-electron chi connectivity index (χ1n) is 8.68. The van der Waals surface area contributed by atoms with Gasteiger partial charge in [0.05, 0.1) is 11.9 Å². The maximum Gasteiger partial charge on any atom is 0.327 e. The molecule has 0 radical (unpaired) electrons. The summed E-state index contributed by atoms with van der Waals surface area (Å²) in [6.07, 6.45) is 1.65. The molecule has 6 nitrogen and oxygen atoms in total. The summed E-state index contributed by atoms with van der Waals surface area (Å²) < 4.78 is 0. The molecule has 25 heavy (non-hydrogen) atoms. The van der Waals surface area contributed by atoms with E-state index in [0.29, 0.717) is 11.5 Å². The Labute approximate surface area is 148 Å². The summed E-state index contributed by atoms with van der Waals surface area (Å²) in [4.78, 5) is 23.9. The van der Waals surface area contributed by atoms with Crippen molar-refractivity contribution in [2.75, 3.05) is 26.2 Å². The van der Waals surface area contributed by atoms with Crippen molar-refractivity contribution in [3.63, 3.8) is 0 Å². The zero-order valence-corrected chi connectivity index (χ0v) is 15.1. The number of aromatic nitrogens is 2. The lowest BCUT2D eigenvalue weighted by Gasteiger charge is -2.43. The van der Waals surface area contributed by atoms with E-state index in [1.54, 1.807) is 6.20 Å². The van der Waals surface area contributed by atoms with Crippen LogP contribution in [0.2, 0.25) is 0 Å². The number of H-pyrrole nitrogens is 1. The third kappa shape index (κ3) is 3.91. The number of rotatable bonds is 4. The average Bonchev–Trinajstić information content (AvgIpc) is 3.05. The Morgan fingerprint density at radius 1 is 1.16 bits per heavy atom. The van der Waals surface area contributed by atoms with Gasteiger partial charge in [-0.15, -0.1) is 0 Å². The molecule has 1 aromatic heterocycles. The van der Waals surface area contributed by atoms with E-state index in [1.807, 2.05) is 35.2 Å². The number of carbonyl (C=O) groups is 1. The minimum Gasteiger partial charge on any atom is -0.480 e. The summed E-state index contributed by atoms with van der Waals surface area (Å²) in [6.45, 7) is 9.77. The van der Waals surface area contributed by atoms with Crippen LogP contribution in [0.3, 0.4) is 0 Å². The lowest BCUT2D eigenvalue weighted by Crippen LogP contribution is -2.54. The second kappa shape index (κ2) is 6.98. The van der Waals surface area contributed by atoms with Crippen molar-refractivity contribution < 1.29 is 9.90 Å². The third-order valence-electron chi connectivity index (χ3n) is 4.80. The summed E-state index contributed by atoms with van der Waals surface area (Å²) in [5.74, 6) is -0.136. The van der Waals surface area contributed by atoms with Crippen LogP contribution in [-0.2, 0) is 4.79 Å². The quantitative estimate of drug-likeness (QED) is 0.894. The summed E-state index contributed by atoms with van der Waals surface area (Å²) in [6, 6.07) is 9.06. The molecule has 0 aliphatic carbocycles. The van der Waals surface area contributed by atoms with Crippen molar-refractivity contribution in [1.82, 2.24) is 19.8 Å². The van der Waals surface area contributed by atoms with E-state index in [-0.39, 0.29) is 5.54 Å². The molecule has 1 aromatic carbocycles. The van der Waals surface area contributed by atoms with Gasteiger partial charge in [0.15, 0.2) is 6.04 Å². The first-order valence-corrected chi connectivity index (χ1v) is 8.68. The fourth-order valence-electron chi connectivity index (χ4n) is 3.35. The number of hydrogen-bond acceptors (Lipinski definition) is 4. The van der Waals surface area contributed by atoms with Crippen LogP contribution in [0.25, 0.3) is 11.4 Å². The highest BCUT2D eigenvalue weighted by molar-refractivity contribution is 5.75. The predicted octanol–water partition coefficient (Wildman–Crippen LogP) is 2.62. The third-order valence-corrected chi connectivity index (χ3v) is 4.80. The lowest BCUT2D eigenvalue weighted by atomic mass is 10.0. The minimum absolute atomic E-state index is 0.110. The van der Waals surface area contributed by atoms with Gasteiger partial charge in [-0.05, 0) is 20.8 Å². The Kier molecular flexibility index (Phi) is 4.92. The molecular formula is C19H26N4O2. The second-order valence-corrected chi connectivity index (χ2v) is 7.49. The van der Waals surface area contributed by atoms with Gasteiger partial charge in [-0.3, -0.25) is 14.6 Å². The molecule has 2 N–H and O–H groups in total. The van der Waals surface area contributed by atoms with Crippen LogP contribution in [0.4, 0.5) is 0 Å². The van der Waals surface area contributed by atoms with Gasteiger partial charge in [-0.2, -0.15) is 0 Å². The van der Waals surface area contributed by atoms with Gasteiger partial charge < -0.3 is 10.1 Å². The molecule has 1 atom stereocenters. The molecule has 6 heteroatoms. The van der Waals surface area contributed by atoms with Crippen molar-refractivity contribution in [3.05, 3.63) is 42.2 Å². The molecule has 0 spiro atoms. The van der Waals surface area contributed by atoms with E-state index in [4.69, 9.17) is 0 Å². The average molecular weight is 342 g/mol. The minimum atomic E-state index is -0.840. The van der Waals surface area contributed by atoms with E-state index >= 15 is 0 Å². The molecule has 134 valence electrons. The summed E-state index contributed by atoms with van der Waals surface area (Å²) in [5.41, 5.74) is 1.70. The molecule has 1 aliphatic heterocycles. The van der Waals surface area contributed by atoms with Crippen LogP contribution in [0.1, 0.15) is 32.5 Å². The van der Waals surface area contributed by atoms with Crippen molar-refractivity contribution in [3.8, 4) is 11.4 Å². The zero-order chi connectivity index (χ0) is 18.0. The predicted molar refractivity (Wildman–Crippen MR) is 97.3 cm³/mol. The SMILES string of the molecule is CC(C)(C)N1CCN(C(C(=O)O)c2cnc(-c3ccccc3)[nH]2)CC1. The standard InChI is InChI=1S/C19H26N4O2/c1-19(2,3)23-11-9-22(10-12-23)16(18(24)25)15-13-20-17(21-15)14-7-5-4-6-8-14/h4-8,13,16H,9-12H2,1-3H3,(H,20,21)(H,24,25). The normalized spacial score (nSPS) is 18.2. The van der Waals surface area contributed by atoms with Gasteiger partial charge in [0.2, 0.25) is 0 Å². The van der Waals surface area contributed by atoms with Crippen LogP contribution in [0.15, 0.2) is 36.5 Å². The molecule has 1 fully saturated rings. The monoisotopic (exact) mass is 342 g/mol. The fraction of sp³-hybridized carbons (Fsp3) is 0.474. The number of carboxylic acid groups (broad SMARTS) is 1. The highest BCUT2D eigenvalue weighted by Crippen LogP contribution is 2.26. The van der Waals surface area contributed by atoms with E-state index in [1.165, 1.54) is 0 Å². The zero-order valence-electron chi connectivity index (χ0n) is 15.1. The van der Waals surface area contributed by atoms with Gasteiger partial charge in [0.25, 0.3) is 0 Å². The Bertz CT molecular complexity index is 713. The summed E-state index contributed by atoms with van der Waals surface area (Å²) in [7, 11) is 0. The van der Waals surface area contributed by atoms with Crippen molar-refractivity contribution >= 4 is 5.97 Å². The highest BCUT2D eigenvalue weighted by Gasteiger charge is 2.34. The number of nitrogens with one attached hydrogen (secondary N) is 1. The number of aliphatic carboxylic acids is 1. The molecule has 0 bridgehead atoms. The Balaban J connectivity index is 1.77. The van der Waals surface area contributed by atoms with E-state index < -0.39 is 12.0 Å². The first-order chi connectivity index (χ1) is 11.9. The molecule has 1 aliphatic rings. The number of aromatic amines is 1. The molecule has 0 saturated carbocycles. The maximum atomic E-state index is 11.9. The van der Waals surface area contributed by atoms with Gasteiger partial charge >= 0.3 is 5.97 Å². The lowest BCUT2D eigenvalue weighted by molar-refractivity contribution is -0.144. The van der Waals surface area contributed by atoms with Crippen molar-refractivity contribution in [2.45, 2.75) is 32.4 Å². The Morgan fingerprint density at radius 2 is 1.80 bits per heavy atom. The largest absolute Gasteiger partial charge is 0.480 e. The molecule has 1 saturated heterocycles. The van der Waals surface area contributed by atoms with Crippen LogP contribution in [0, 0.1) is 0 Å². The molecule has 2 heterocycles. The first kappa shape index (κ1) is 17.6. The van der Waals surface area contributed by atoms with Crippen LogP contribution >= 0.6 is 0 Å². The molecule has 1 unspecified atom stereocenters. The number of imidazole rings is 1. The number of nitrogens with zero attached hydrogens (tertiary/aromatic N) is 3. The van der Waals surface area contributed by atoms with E-state index in [0.717, 1.165) is 31.7 Å². The van der Waals surface area contributed by atoms with E-state index in [9.17, 15) is 9.90 Å². The molecule has 2 aromatic rings. The van der Waals surface area contributed by atoms with E-state index in [2.05, 4.69) is 35.6 Å². The summed E-state index contributed by atoms with van der Waals surface area (Å²) in [5, 5.41) is 9.78. The van der Waals surface area contributed by atoms with Crippen molar-refractivity contribution in [2.24, 2.45) is 0 Å². The fourth-order valence-corrected chi connectivity index (χ4v) is 3.35. The number of benzene rings is 1. The molecule has 0 amide bonds. The number of carboxylic acids is 1. The van der Waals surface area contributed by atoms with Gasteiger partial charge in [-0.25, -0.2) is 4.98 Å². The topological polar surface area (TPSA) is 72.5 Å². The van der Waals surface area contributed by atoms with Crippen molar-refractivity contribution in [1.29, 1.82) is 0 Å². The Morgan fingerprint density at radius 3 is 2.36 bits per heavy atom. The Hall–Kier alpha value is -2.18. The number of piperazine rings is 1. The highest BCUT2D eigenvalue weighted by atomic mass is 16.4. The second-order valence-electron chi connectivity index (χ2n) is 7.49. The maximum absolute atomic E-state index is 11.9. The summed E-state index contributed by atoms with van der Waals surface area (Å²) >= 11 is 0. The number of hydrogen-bond donors (Lipinski definition) is 2. The van der Waals surface area contributed by atoms with Gasteiger partial charge in [-0.1, -0.05) is 30.3 Å². The van der Waals surface area contributed by atoms with Crippen LogP contribution < -0.4 is 0 Å². The molecular weight excluding hydrogens is 316 g/mol. The van der Waals surface area contributed by atoms with Crippen LogP contribution in [-0.4, -0.2) is 62.6 Å². The van der Waals surface area contributed by atoms with Gasteiger partial charge in [0.1, 0.15) is 5.82 Å². The smallest absolute Gasteiger partial charge is 0.327 e. The van der Waals surface area contributed by atoms with Gasteiger partial charge in [0, 0.05) is 37.3 Å². The van der Waals surface area contributed by atoms with Crippen LogP contribution in [0.5, 0.6) is 0 Å².